The van der Waals surface area contributed by atoms with Crippen LogP contribution in [0.25, 0.3) is 0 Å². The maximum atomic E-state index is 12.3. The molecule has 3 N–H and O–H groups in total. The van der Waals surface area contributed by atoms with E-state index in [-0.39, 0.29) is 14.4 Å². The molecule has 0 radical (unpaired) electrons. The Bertz CT molecular complexity index is 111. The Kier molecular flexibility index (Phi) is 1.65. The summed E-state index contributed by atoms with van der Waals surface area (Å²) in [4.78, 5) is 0. The van der Waals surface area contributed by atoms with E-state index in [1.807, 2.05) is 0 Å². The van der Waals surface area contributed by atoms with Crippen molar-refractivity contribution in [1.82, 2.24) is 10.5 Å². The van der Waals surface area contributed by atoms with Crippen LogP contribution in [0.1, 0.15) is 7.85 Å². The molecule has 1 rings (SSSR count). The number of nitrogens with two attached hydrogens (primary N) is 1. The van der Waals surface area contributed by atoms with Crippen molar-refractivity contribution in [3.63, 3.8) is 0 Å². The minimum atomic E-state index is -2.61. The molecule has 0 saturated carbocycles. The molecule has 0 amide bonds. The molecule has 0 aliphatic carbocycles. The third-order valence-corrected chi connectivity index (χ3v) is 1.21. The van der Waals surface area contributed by atoms with Crippen molar-refractivity contribution in [2.24, 2.45) is 5.84 Å². The number of alkyl halides is 2. The summed E-state index contributed by atoms with van der Waals surface area (Å²) in [5.41, 5.74) is 2.57. The lowest BCUT2D eigenvalue weighted by Gasteiger charge is -2.29. The molecule has 0 bridgehead atoms. The molecule has 5 heteroatoms. The first-order chi connectivity index (χ1) is 4.10. The van der Waals surface area contributed by atoms with Crippen molar-refractivity contribution < 1.29 is 10.2 Å². The molecule has 56 valence electrons. The Morgan fingerprint density at radius 3 is 2.67 bits per heavy atom. The summed E-state index contributed by atoms with van der Waals surface area (Å²) in [5.74, 6) is 2.44. The molecule has 3 nitrogen and oxygen atoms in total. The zero-order chi connectivity index (χ0) is 6.91. The van der Waals surface area contributed by atoms with Crippen molar-refractivity contribution in [3.05, 3.63) is 0 Å². The molecule has 0 unspecified atom stereocenters. The lowest BCUT2D eigenvalue weighted by Crippen LogP contribution is -2.55. The van der Waals surface area contributed by atoms with Crippen molar-refractivity contribution in [2.75, 3.05) is 13.1 Å². The number of nitrogens with zero attached hydrogens (tertiary/aromatic N) is 1. The first-order valence-electron chi connectivity index (χ1n) is 2.74. The van der Waals surface area contributed by atoms with Crippen molar-refractivity contribution in [2.45, 2.75) is 12.3 Å². The van der Waals surface area contributed by atoms with Gasteiger partial charge in [-0.1, -0.05) is 0 Å². The van der Waals surface area contributed by atoms with Crippen LogP contribution in [0, 0.1) is 0 Å². The predicted octanol–water partition coefficient (Wildman–Crippen LogP) is -0.0483. The first kappa shape index (κ1) is 6.85. The molecule has 0 spiro atoms. The Morgan fingerprint density at radius 2 is 2.33 bits per heavy atom. The van der Waals surface area contributed by atoms with Crippen LogP contribution in [0.15, 0.2) is 0 Å². The molecule has 1 aliphatic heterocycles. The van der Waals surface area contributed by atoms with Crippen molar-refractivity contribution >= 4 is 0 Å². The first-order valence-corrected chi connectivity index (χ1v) is 2.74. The number of hydrazine groups is 2. The van der Waals surface area contributed by atoms with E-state index in [2.05, 4.69) is 5.43 Å². The summed E-state index contributed by atoms with van der Waals surface area (Å²) in [5, 5.41) is 0.920. The van der Waals surface area contributed by atoms with E-state index in [0.29, 0.717) is 0 Å². The molecule has 9 heavy (non-hydrogen) atoms. The van der Waals surface area contributed by atoms with Gasteiger partial charge < -0.3 is 0 Å². The Hall–Kier alpha value is -0.260. The zero-order valence-corrected chi connectivity index (χ0v) is 4.90. The smallest absolute Gasteiger partial charge is 0.255 e. The molecular formula is C4H11F2N3. The zero-order valence-electron chi connectivity index (χ0n) is 4.90. The molecule has 0 aromatic rings. The largest absolute Gasteiger partial charge is 0.264 e. The second kappa shape index (κ2) is 2.17. The molecule has 1 saturated heterocycles. The minimum Gasteiger partial charge on any atom is -0.255 e. The molecule has 0 atom stereocenters. The lowest BCUT2D eigenvalue weighted by atomic mass is 10.2. The molecule has 1 aliphatic rings. The van der Waals surface area contributed by atoms with Crippen LogP contribution in [-0.4, -0.2) is 24.1 Å². The second-order valence-electron chi connectivity index (χ2n) is 2.14. The fourth-order valence-electron chi connectivity index (χ4n) is 0.767. The highest BCUT2D eigenvalue weighted by atomic mass is 19.3. The highest BCUT2D eigenvalue weighted by Crippen LogP contribution is 2.19. The van der Waals surface area contributed by atoms with Crippen molar-refractivity contribution in [3.8, 4) is 0 Å². The average Bonchev–Trinajstić information content (AvgIpc) is 1.60. The van der Waals surface area contributed by atoms with E-state index >= 15 is 0 Å². The van der Waals surface area contributed by atoms with Gasteiger partial charge in [-0.3, -0.25) is 5.84 Å². The third-order valence-electron chi connectivity index (χ3n) is 1.21. The number of hydrogen-bond donors (Lipinski definition) is 2. The van der Waals surface area contributed by atoms with Crippen LogP contribution in [0.2, 0.25) is 0 Å². The monoisotopic (exact) mass is 139 g/mol. The van der Waals surface area contributed by atoms with Crippen LogP contribution in [0.3, 0.4) is 0 Å². The van der Waals surface area contributed by atoms with Gasteiger partial charge in [-0.25, -0.2) is 14.2 Å². The quantitative estimate of drug-likeness (QED) is 0.462. The fourth-order valence-corrected chi connectivity index (χ4v) is 0.767. The summed E-state index contributed by atoms with van der Waals surface area (Å²) in [6.45, 7) is -0.142. The minimum absolute atomic E-state index is 0. The van der Waals surface area contributed by atoms with Gasteiger partial charge in [-0.05, 0) is 0 Å². The summed E-state index contributed by atoms with van der Waals surface area (Å²) in [6, 6.07) is 0. The van der Waals surface area contributed by atoms with Crippen molar-refractivity contribution in [1.29, 1.82) is 0 Å². The number of halogens is 2. The van der Waals surface area contributed by atoms with Gasteiger partial charge in [0.2, 0.25) is 0 Å². The third kappa shape index (κ3) is 1.85. The number of rotatable bonds is 0. The van der Waals surface area contributed by atoms with Gasteiger partial charge in [0.15, 0.2) is 0 Å². The number of hydrogen-bond acceptors (Lipinski definition) is 3. The Labute approximate surface area is 53.2 Å². The standard InChI is InChI=1S/C4H9F2N3.H2/c5-4(6)1-2-8-9(7)3-4;/h8H,1-3,7H2;1H. The van der Waals surface area contributed by atoms with Crippen LogP contribution in [0.5, 0.6) is 0 Å². The normalized spacial score (nSPS) is 28.3. The lowest BCUT2D eigenvalue weighted by molar-refractivity contribution is -0.0809. The molecule has 1 fully saturated rings. The predicted molar refractivity (Wildman–Crippen MR) is 30.6 cm³/mol. The summed E-state index contributed by atoms with van der Waals surface area (Å²) in [7, 11) is 0. The number of nitrogens with one attached hydrogen (secondary N) is 1. The highest BCUT2D eigenvalue weighted by Gasteiger charge is 2.33. The summed E-state index contributed by atoms with van der Waals surface area (Å²) in [6.07, 6.45) is -0.124. The topological polar surface area (TPSA) is 41.3 Å². The van der Waals surface area contributed by atoms with Gasteiger partial charge in [-0.2, -0.15) is 5.12 Å². The summed E-state index contributed by atoms with van der Waals surface area (Å²) < 4.78 is 24.6. The SMILES string of the molecule is NN1CC(F)(F)CCN1.[HH]. The molecular weight excluding hydrogens is 128 g/mol. The summed E-state index contributed by atoms with van der Waals surface area (Å²) >= 11 is 0. The maximum absolute atomic E-state index is 12.3. The van der Waals surface area contributed by atoms with Gasteiger partial charge in [0.25, 0.3) is 5.92 Å². The molecule has 0 aromatic carbocycles. The highest BCUT2D eigenvalue weighted by molar-refractivity contribution is 4.73. The van der Waals surface area contributed by atoms with E-state index < -0.39 is 12.5 Å². The van der Waals surface area contributed by atoms with Gasteiger partial charge in [0, 0.05) is 14.4 Å². The van der Waals surface area contributed by atoms with Gasteiger partial charge in [0.1, 0.15) is 0 Å². The van der Waals surface area contributed by atoms with E-state index in [1.165, 1.54) is 0 Å². The van der Waals surface area contributed by atoms with Crippen LogP contribution in [-0.2, 0) is 0 Å². The van der Waals surface area contributed by atoms with Crippen LogP contribution >= 0.6 is 0 Å². The Morgan fingerprint density at radius 1 is 1.67 bits per heavy atom. The van der Waals surface area contributed by atoms with Gasteiger partial charge >= 0.3 is 0 Å². The fraction of sp³-hybridized carbons (Fsp3) is 1.00. The molecule has 0 aromatic heterocycles. The maximum Gasteiger partial charge on any atom is 0.264 e. The van der Waals surface area contributed by atoms with E-state index in [1.54, 1.807) is 0 Å². The van der Waals surface area contributed by atoms with Crippen LogP contribution in [0.4, 0.5) is 8.78 Å². The van der Waals surface area contributed by atoms with Crippen LogP contribution < -0.4 is 11.3 Å². The Balaban J connectivity index is 0.000000810. The average molecular weight is 139 g/mol. The van der Waals surface area contributed by atoms with E-state index in [9.17, 15) is 8.78 Å². The second-order valence-corrected chi connectivity index (χ2v) is 2.14. The molecule has 1 heterocycles. The van der Waals surface area contributed by atoms with E-state index in [0.717, 1.165) is 5.12 Å². The van der Waals surface area contributed by atoms with E-state index in [4.69, 9.17) is 5.84 Å². The van der Waals surface area contributed by atoms with Gasteiger partial charge in [0.05, 0.1) is 6.54 Å². The van der Waals surface area contributed by atoms with Gasteiger partial charge in [-0.15, -0.1) is 0 Å².